The zero-order chi connectivity index (χ0) is 14.7. The van der Waals surface area contributed by atoms with Crippen LogP contribution < -0.4 is 0 Å². The lowest BCUT2D eigenvalue weighted by Crippen LogP contribution is -2.04. The average molecular weight is 256 g/mol. The quantitative estimate of drug-likeness (QED) is 0.426. The number of fused-ring (bicyclic) bond motifs is 1. The lowest BCUT2D eigenvalue weighted by Gasteiger charge is -2.15. The summed E-state index contributed by atoms with van der Waals surface area (Å²) in [6.45, 7) is 15.9. The maximum atomic E-state index is 3.73. The second-order valence-electron chi connectivity index (χ2n) is 4.26. The molecule has 0 saturated heterocycles. The Bertz CT molecular complexity index is 379. The Labute approximate surface area is 119 Å². The summed E-state index contributed by atoms with van der Waals surface area (Å²) in [5.74, 6) is 0.731. The fourth-order valence-electron chi connectivity index (χ4n) is 2.39. The molecule has 1 fully saturated rings. The van der Waals surface area contributed by atoms with Crippen molar-refractivity contribution in [1.82, 2.24) is 0 Å². The number of rotatable bonds is 4. The molecule has 2 unspecified atom stereocenters. The van der Waals surface area contributed by atoms with E-state index < -0.39 is 0 Å². The second kappa shape index (κ2) is 9.38. The Hall–Kier alpha value is -1.56. The molecule has 104 valence electrons. The van der Waals surface area contributed by atoms with Gasteiger partial charge < -0.3 is 0 Å². The van der Waals surface area contributed by atoms with Crippen LogP contribution in [0.1, 0.15) is 33.6 Å². The fraction of sp³-hybridized carbons (Fsp3) is 0.368. The van der Waals surface area contributed by atoms with Crippen molar-refractivity contribution in [3.63, 3.8) is 0 Å². The van der Waals surface area contributed by atoms with Gasteiger partial charge in [-0.15, -0.1) is 13.2 Å². The molecule has 0 nitrogen and oxygen atoms in total. The molecule has 0 spiro atoms. The van der Waals surface area contributed by atoms with E-state index in [4.69, 9.17) is 0 Å². The minimum absolute atomic E-state index is 0.324. The van der Waals surface area contributed by atoms with E-state index in [1.165, 1.54) is 12.0 Å². The van der Waals surface area contributed by atoms with Gasteiger partial charge in [-0.3, -0.25) is 0 Å². The fourth-order valence-corrected chi connectivity index (χ4v) is 2.39. The molecule has 0 aromatic carbocycles. The van der Waals surface area contributed by atoms with Crippen molar-refractivity contribution in [3.8, 4) is 0 Å². The van der Waals surface area contributed by atoms with Gasteiger partial charge in [-0.25, -0.2) is 0 Å². The van der Waals surface area contributed by atoms with Crippen LogP contribution in [0, 0.1) is 11.3 Å². The molecule has 0 aliphatic heterocycles. The zero-order valence-corrected chi connectivity index (χ0v) is 12.7. The first-order chi connectivity index (χ1) is 9.33. The zero-order valence-electron chi connectivity index (χ0n) is 12.7. The third kappa shape index (κ3) is 4.24. The molecule has 1 saturated carbocycles. The summed E-state index contributed by atoms with van der Waals surface area (Å²) in [7, 11) is 0. The summed E-state index contributed by atoms with van der Waals surface area (Å²) in [5, 5.41) is 0. The normalized spacial score (nSPS) is 26.7. The molecule has 2 rings (SSSR count). The molecule has 0 radical (unpaired) electrons. The molecule has 2 aliphatic carbocycles. The van der Waals surface area contributed by atoms with Crippen molar-refractivity contribution in [3.05, 3.63) is 73.9 Å². The first-order valence-corrected chi connectivity index (χ1v) is 7.19. The SMILES string of the molecule is C=C.C=C/C=C\C(=C/CC)C12C=CC=CC1C2.CC. The molecule has 0 N–H and O–H groups in total. The summed E-state index contributed by atoms with van der Waals surface area (Å²) in [6.07, 6.45) is 19.8. The number of hydrogen-bond donors (Lipinski definition) is 0. The highest BCUT2D eigenvalue weighted by atomic mass is 14.6. The molecule has 19 heavy (non-hydrogen) atoms. The van der Waals surface area contributed by atoms with Crippen LogP contribution in [0.25, 0.3) is 0 Å². The molecule has 0 aromatic rings. The van der Waals surface area contributed by atoms with Crippen molar-refractivity contribution in [2.24, 2.45) is 11.3 Å². The van der Waals surface area contributed by atoms with Crippen LogP contribution in [0.3, 0.4) is 0 Å². The van der Waals surface area contributed by atoms with Crippen molar-refractivity contribution >= 4 is 0 Å². The van der Waals surface area contributed by atoms with Crippen LogP contribution in [0.4, 0.5) is 0 Å². The Morgan fingerprint density at radius 2 is 2.00 bits per heavy atom. The second-order valence-corrected chi connectivity index (χ2v) is 4.26. The highest BCUT2D eigenvalue weighted by Gasteiger charge is 2.52. The Morgan fingerprint density at radius 3 is 2.53 bits per heavy atom. The van der Waals surface area contributed by atoms with Crippen molar-refractivity contribution in [2.45, 2.75) is 33.6 Å². The van der Waals surface area contributed by atoms with E-state index in [9.17, 15) is 0 Å². The number of allylic oxidation sites excluding steroid dienone is 9. The predicted molar refractivity (Wildman–Crippen MR) is 89.1 cm³/mol. The van der Waals surface area contributed by atoms with E-state index in [0.29, 0.717) is 5.41 Å². The maximum absolute atomic E-state index is 3.73. The summed E-state index contributed by atoms with van der Waals surface area (Å²) in [6, 6.07) is 0. The molecular formula is C19H28. The Kier molecular flexibility index (Phi) is 8.61. The Morgan fingerprint density at radius 1 is 1.32 bits per heavy atom. The first-order valence-electron chi connectivity index (χ1n) is 7.19. The topological polar surface area (TPSA) is 0 Å². The van der Waals surface area contributed by atoms with Gasteiger partial charge in [0.2, 0.25) is 0 Å². The number of hydrogen-bond acceptors (Lipinski definition) is 0. The Balaban J connectivity index is 0.000000741. The van der Waals surface area contributed by atoms with Gasteiger partial charge in [-0.1, -0.05) is 76.0 Å². The molecule has 0 aromatic heterocycles. The summed E-state index contributed by atoms with van der Waals surface area (Å²) < 4.78 is 0. The minimum atomic E-state index is 0.324. The molecular weight excluding hydrogens is 228 g/mol. The smallest absolute Gasteiger partial charge is 0.0201 e. The average Bonchev–Trinajstić information content (AvgIpc) is 3.23. The molecule has 2 atom stereocenters. The van der Waals surface area contributed by atoms with Gasteiger partial charge in [0.15, 0.2) is 0 Å². The summed E-state index contributed by atoms with van der Waals surface area (Å²) >= 11 is 0. The van der Waals surface area contributed by atoms with E-state index in [0.717, 1.165) is 12.3 Å². The summed E-state index contributed by atoms with van der Waals surface area (Å²) in [4.78, 5) is 0. The molecule has 0 heteroatoms. The minimum Gasteiger partial charge on any atom is -0.106 e. The van der Waals surface area contributed by atoms with Crippen LogP contribution in [0.2, 0.25) is 0 Å². The monoisotopic (exact) mass is 256 g/mol. The molecule has 0 amide bonds. The van der Waals surface area contributed by atoms with Crippen molar-refractivity contribution in [1.29, 1.82) is 0 Å². The molecule has 2 aliphatic rings. The van der Waals surface area contributed by atoms with Gasteiger partial charge in [-0.05, 0) is 24.3 Å². The first kappa shape index (κ1) is 17.4. The maximum Gasteiger partial charge on any atom is 0.0201 e. The van der Waals surface area contributed by atoms with Gasteiger partial charge in [0.05, 0.1) is 0 Å². The van der Waals surface area contributed by atoms with Gasteiger partial charge in [0.1, 0.15) is 0 Å². The van der Waals surface area contributed by atoms with Crippen LogP contribution in [-0.4, -0.2) is 0 Å². The van der Waals surface area contributed by atoms with E-state index in [-0.39, 0.29) is 0 Å². The van der Waals surface area contributed by atoms with Crippen LogP contribution in [0.5, 0.6) is 0 Å². The van der Waals surface area contributed by atoms with Crippen LogP contribution in [0.15, 0.2) is 73.9 Å². The van der Waals surface area contributed by atoms with Crippen LogP contribution >= 0.6 is 0 Å². The lowest BCUT2D eigenvalue weighted by molar-refractivity contribution is 0.740. The van der Waals surface area contributed by atoms with E-state index in [1.54, 1.807) is 0 Å². The van der Waals surface area contributed by atoms with E-state index in [2.05, 4.69) is 63.1 Å². The van der Waals surface area contributed by atoms with Gasteiger partial charge in [-0.2, -0.15) is 0 Å². The van der Waals surface area contributed by atoms with Gasteiger partial charge >= 0.3 is 0 Å². The van der Waals surface area contributed by atoms with E-state index >= 15 is 0 Å². The van der Waals surface area contributed by atoms with Crippen LogP contribution in [-0.2, 0) is 0 Å². The van der Waals surface area contributed by atoms with E-state index in [1.807, 2.05) is 26.0 Å². The molecule has 0 heterocycles. The van der Waals surface area contributed by atoms with Crippen molar-refractivity contribution in [2.75, 3.05) is 0 Å². The standard InChI is InChI=1S/C15H18.C2H6.C2H4/c1-3-5-9-13(8-4-2)15-11-7-6-10-14(15)12-15;2*1-2/h3,5-11,14H,1,4,12H2,2H3;1-2H3;1-2H2/b9-5-,13-8+;;. The largest absolute Gasteiger partial charge is 0.106 e. The third-order valence-corrected chi connectivity index (χ3v) is 3.28. The summed E-state index contributed by atoms with van der Waals surface area (Å²) in [5.41, 5.74) is 1.78. The predicted octanol–water partition coefficient (Wildman–Crippen LogP) is 6.03. The van der Waals surface area contributed by atoms with Gasteiger partial charge in [0, 0.05) is 5.41 Å². The highest BCUT2D eigenvalue weighted by molar-refractivity contribution is 5.45. The van der Waals surface area contributed by atoms with Gasteiger partial charge in [0.25, 0.3) is 0 Å². The third-order valence-electron chi connectivity index (χ3n) is 3.28. The molecule has 0 bridgehead atoms. The van der Waals surface area contributed by atoms with Crippen molar-refractivity contribution < 1.29 is 0 Å². The highest BCUT2D eigenvalue weighted by Crippen LogP contribution is 2.61. The lowest BCUT2D eigenvalue weighted by atomic mass is 9.89.